The highest BCUT2D eigenvalue weighted by Gasteiger charge is 2.14. The molecule has 0 saturated carbocycles. The van der Waals surface area contributed by atoms with Gasteiger partial charge in [0, 0.05) is 5.69 Å². The summed E-state index contributed by atoms with van der Waals surface area (Å²) in [5, 5.41) is 21.5. The van der Waals surface area contributed by atoms with Gasteiger partial charge < -0.3 is 15.5 Å². The summed E-state index contributed by atoms with van der Waals surface area (Å²) >= 11 is 5.70. The molecular formula is C12H16ClNO3. The maximum atomic E-state index is 11.5. The number of carbonyl (C=O) groups is 1. The van der Waals surface area contributed by atoms with Crippen molar-refractivity contribution in [2.24, 2.45) is 5.92 Å². The van der Waals surface area contributed by atoms with E-state index in [-0.39, 0.29) is 29.0 Å². The van der Waals surface area contributed by atoms with Crippen LogP contribution in [-0.2, 0) is 4.79 Å². The number of aliphatic hydroxyl groups excluding tert-OH is 1. The lowest BCUT2D eigenvalue weighted by Gasteiger charge is -2.14. The van der Waals surface area contributed by atoms with Crippen LogP contribution in [0.2, 0.25) is 5.02 Å². The second-order valence-electron chi connectivity index (χ2n) is 4.23. The number of halogens is 1. The highest BCUT2D eigenvalue weighted by atomic mass is 35.5. The molecule has 0 radical (unpaired) electrons. The Kier molecular flexibility index (Phi) is 4.78. The van der Waals surface area contributed by atoms with Gasteiger partial charge in [0.15, 0.2) is 0 Å². The van der Waals surface area contributed by atoms with Crippen LogP contribution < -0.4 is 5.32 Å². The summed E-state index contributed by atoms with van der Waals surface area (Å²) in [6.45, 7) is 3.69. The molecule has 94 valence electrons. The number of amides is 1. The number of rotatable bonds is 4. The molecule has 0 heterocycles. The highest BCUT2D eigenvalue weighted by Crippen LogP contribution is 2.26. The number of benzene rings is 1. The second kappa shape index (κ2) is 5.89. The number of aromatic hydroxyl groups is 1. The van der Waals surface area contributed by atoms with Crippen LogP contribution in [0.1, 0.15) is 20.3 Å². The van der Waals surface area contributed by atoms with E-state index in [4.69, 9.17) is 11.6 Å². The van der Waals surface area contributed by atoms with E-state index in [1.165, 1.54) is 12.1 Å². The van der Waals surface area contributed by atoms with E-state index < -0.39 is 6.10 Å². The molecule has 0 spiro atoms. The van der Waals surface area contributed by atoms with E-state index >= 15 is 0 Å². The third kappa shape index (κ3) is 4.24. The Bertz CT molecular complexity index is 407. The van der Waals surface area contributed by atoms with Crippen molar-refractivity contribution in [2.45, 2.75) is 26.4 Å². The molecule has 0 saturated heterocycles. The summed E-state index contributed by atoms with van der Waals surface area (Å²) in [5.74, 6) is -0.288. The van der Waals surface area contributed by atoms with Crippen molar-refractivity contribution >= 4 is 23.2 Å². The number of phenolic OH excluding ortho intramolecular Hbond substituents is 1. The molecule has 0 aromatic heterocycles. The van der Waals surface area contributed by atoms with Gasteiger partial charge in [0.2, 0.25) is 5.91 Å². The number of nitrogens with one attached hydrogen (secondary N) is 1. The fourth-order valence-corrected chi connectivity index (χ4v) is 1.40. The van der Waals surface area contributed by atoms with Crippen LogP contribution in [0.15, 0.2) is 18.2 Å². The molecule has 0 unspecified atom stereocenters. The summed E-state index contributed by atoms with van der Waals surface area (Å²) in [5.41, 5.74) is 0.494. The Morgan fingerprint density at radius 2 is 2.12 bits per heavy atom. The van der Waals surface area contributed by atoms with Crippen LogP contribution in [0.3, 0.4) is 0 Å². The zero-order chi connectivity index (χ0) is 13.0. The minimum absolute atomic E-state index is 0.0316. The van der Waals surface area contributed by atoms with Crippen LogP contribution in [-0.4, -0.2) is 22.2 Å². The van der Waals surface area contributed by atoms with Crippen molar-refractivity contribution < 1.29 is 15.0 Å². The molecule has 5 heteroatoms. The smallest absolute Gasteiger partial charge is 0.226 e. The van der Waals surface area contributed by atoms with Gasteiger partial charge in [-0.05, 0) is 24.1 Å². The first-order chi connectivity index (χ1) is 7.90. The van der Waals surface area contributed by atoms with Crippen molar-refractivity contribution in [1.29, 1.82) is 0 Å². The van der Waals surface area contributed by atoms with Gasteiger partial charge in [-0.25, -0.2) is 0 Å². The first-order valence-electron chi connectivity index (χ1n) is 5.36. The Hall–Kier alpha value is -1.26. The van der Waals surface area contributed by atoms with Gasteiger partial charge >= 0.3 is 0 Å². The van der Waals surface area contributed by atoms with E-state index in [1.807, 2.05) is 13.8 Å². The maximum absolute atomic E-state index is 11.5. The summed E-state index contributed by atoms with van der Waals surface area (Å²) in [4.78, 5) is 11.5. The number of carbonyl (C=O) groups excluding carboxylic acids is 1. The number of anilines is 1. The highest BCUT2D eigenvalue weighted by molar-refractivity contribution is 6.32. The zero-order valence-corrected chi connectivity index (χ0v) is 10.5. The first-order valence-corrected chi connectivity index (χ1v) is 5.74. The Labute approximate surface area is 105 Å². The summed E-state index contributed by atoms with van der Waals surface area (Å²) < 4.78 is 0. The van der Waals surface area contributed by atoms with Gasteiger partial charge in [-0.1, -0.05) is 25.4 Å². The molecule has 0 bridgehead atoms. The van der Waals surface area contributed by atoms with Crippen LogP contribution in [0, 0.1) is 5.92 Å². The normalized spacial score (nSPS) is 12.5. The van der Waals surface area contributed by atoms with E-state index in [2.05, 4.69) is 5.32 Å². The summed E-state index contributed by atoms with van der Waals surface area (Å²) in [6.07, 6.45) is -0.626. The van der Waals surface area contributed by atoms with Crippen LogP contribution in [0.5, 0.6) is 5.75 Å². The quantitative estimate of drug-likeness (QED) is 0.726. The monoisotopic (exact) mass is 257 g/mol. The van der Waals surface area contributed by atoms with Gasteiger partial charge in [0.1, 0.15) is 5.75 Å². The third-order valence-corrected chi connectivity index (χ3v) is 2.70. The van der Waals surface area contributed by atoms with E-state index in [1.54, 1.807) is 6.07 Å². The maximum Gasteiger partial charge on any atom is 0.226 e. The molecule has 1 rings (SSSR count). The lowest BCUT2D eigenvalue weighted by Crippen LogP contribution is -2.23. The lowest BCUT2D eigenvalue weighted by molar-refractivity contribution is -0.118. The van der Waals surface area contributed by atoms with Crippen molar-refractivity contribution in [1.82, 2.24) is 0 Å². The van der Waals surface area contributed by atoms with E-state index in [9.17, 15) is 15.0 Å². The van der Waals surface area contributed by atoms with E-state index in [0.717, 1.165) is 0 Å². The number of hydrogen-bond acceptors (Lipinski definition) is 3. The Morgan fingerprint density at radius 3 is 2.65 bits per heavy atom. The number of phenols is 1. The lowest BCUT2D eigenvalue weighted by atomic mass is 10.0. The standard InChI is InChI=1S/C12H16ClNO3/c1-7(2)11(16)6-12(17)14-8-3-4-10(15)9(13)5-8/h3-5,7,11,15-16H,6H2,1-2H3,(H,14,17)/t11-/m1/s1. The minimum Gasteiger partial charge on any atom is -0.506 e. The van der Waals surface area contributed by atoms with Crippen molar-refractivity contribution in [3.8, 4) is 5.75 Å². The zero-order valence-electron chi connectivity index (χ0n) is 9.77. The average molecular weight is 258 g/mol. The molecule has 0 fully saturated rings. The summed E-state index contributed by atoms with van der Waals surface area (Å²) in [6, 6.07) is 4.40. The first kappa shape index (κ1) is 13.8. The minimum atomic E-state index is -0.664. The van der Waals surface area contributed by atoms with Gasteiger partial charge in [-0.15, -0.1) is 0 Å². The number of aliphatic hydroxyl groups is 1. The molecule has 1 aromatic carbocycles. The second-order valence-corrected chi connectivity index (χ2v) is 4.64. The van der Waals surface area contributed by atoms with Crippen LogP contribution in [0.4, 0.5) is 5.69 Å². The Balaban J connectivity index is 2.59. The molecule has 17 heavy (non-hydrogen) atoms. The predicted molar refractivity (Wildman–Crippen MR) is 67.2 cm³/mol. The molecule has 1 atom stereocenters. The van der Waals surface area contributed by atoms with Crippen LogP contribution in [0.25, 0.3) is 0 Å². The molecule has 1 aromatic rings. The molecule has 0 aliphatic carbocycles. The van der Waals surface area contributed by atoms with Gasteiger partial charge in [0.05, 0.1) is 17.5 Å². The van der Waals surface area contributed by atoms with Gasteiger partial charge in [0.25, 0.3) is 0 Å². The molecule has 4 nitrogen and oxygen atoms in total. The van der Waals surface area contributed by atoms with Crippen LogP contribution >= 0.6 is 11.6 Å². The van der Waals surface area contributed by atoms with Gasteiger partial charge in [-0.3, -0.25) is 4.79 Å². The van der Waals surface area contributed by atoms with Crippen molar-refractivity contribution in [3.05, 3.63) is 23.2 Å². The molecule has 0 aliphatic heterocycles. The fraction of sp³-hybridized carbons (Fsp3) is 0.417. The van der Waals surface area contributed by atoms with E-state index in [0.29, 0.717) is 5.69 Å². The fourth-order valence-electron chi connectivity index (χ4n) is 1.22. The molecule has 0 aliphatic rings. The van der Waals surface area contributed by atoms with Crippen molar-refractivity contribution in [3.63, 3.8) is 0 Å². The SMILES string of the molecule is CC(C)[C@H](O)CC(=O)Nc1ccc(O)c(Cl)c1. The molecule has 1 amide bonds. The summed E-state index contributed by atoms with van der Waals surface area (Å²) in [7, 11) is 0. The average Bonchev–Trinajstić information content (AvgIpc) is 2.23. The molecular weight excluding hydrogens is 242 g/mol. The third-order valence-electron chi connectivity index (χ3n) is 2.40. The topological polar surface area (TPSA) is 69.6 Å². The molecule has 3 N–H and O–H groups in total. The largest absolute Gasteiger partial charge is 0.506 e. The predicted octanol–water partition coefficient (Wildman–Crippen LogP) is 2.39. The Morgan fingerprint density at radius 1 is 1.47 bits per heavy atom. The van der Waals surface area contributed by atoms with Crippen molar-refractivity contribution in [2.75, 3.05) is 5.32 Å². The number of hydrogen-bond donors (Lipinski definition) is 3. The van der Waals surface area contributed by atoms with Gasteiger partial charge in [-0.2, -0.15) is 0 Å².